The first kappa shape index (κ1) is 12.9. The van der Waals surface area contributed by atoms with Crippen LogP contribution >= 0.6 is 11.6 Å². The van der Waals surface area contributed by atoms with E-state index in [1.165, 1.54) is 7.11 Å². The minimum Gasteiger partial charge on any atom is -0.495 e. The summed E-state index contributed by atoms with van der Waals surface area (Å²) >= 11 is 5.91. The maximum Gasteiger partial charge on any atom is 0.231 e. The third kappa shape index (κ3) is 2.83. The third-order valence-corrected chi connectivity index (χ3v) is 3.18. The molecule has 0 spiro atoms. The highest BCUT2D eigenvalue weighted by Gasteiger charge is 2.22. The van der Waals surface area contributed by atoms with Crippen molar-refractivity contribution >= 4 is 23.2 Å². The molecule has 0 bridgehead atoms. The first-order valence-electron chi connectivity index (χ1n) is 5.68. The molecule has 4 nitrogen and oxygen atoms in total. The van der Waals surface area contributed by atoms with Crippen LogP contribution in [0.3, 0.4) is 0 Å². The molecule has 1 aliphatic carbocycles. The minimum atomic E-state index is -0.165. The number of amides is 1. The molecule has 0 aromatic heterocycles. The average Bonchev–Trinajstić information content (AvgIpc) is 2.78. The molecule has 0 radical (unpaired) electrons. The Morgan fingerprint density at radius 2 is 2.28 bits per heavy atom. The number of methoxy groups -OCH3 is 1. The number of anilines is 1. The fraction of sp³-hybridized carbons (Fsp3) is 0.308. The largest absolute Gasteiger partial charge is 0.495 e. The van der Waals surface area contributed by atoms with E-state index in [1.807, 2.05) is 12.2 Å². The van der Waals surface area contributed by atoms with Crippen molar-refractivity contribution in [2.75, 3.05) is 12.4 Å². The van der Waals surface area contributed by atoms with Gasteiger partial charge in [0.25, 0.3) is 0 Å². The molecule has 0 saturated carbocycles. The van der Waals surface area contributed by atoms with Gasteiger partial charge >= 0.3 is 0 Å². The monoisotopic (exact) mass is 266 g/mol. The second-order valence-corrected chi connectivity index (χ2v) is 4.64. The highest BCUT2D eigenvalue weighted by atomic mass is 35.5. The Labute approximate surface area is 111 Å². The van der Waals surface area contributed by atoms with Crippen LogP contribution in [0, 0.1) is 5.92 Å². The third-order valence-electron chi connectivity index (χ3n) is 2.87. The Balaban J connectivity index is 2.05. The molecule has 0 saturated heterocycles. The highest BCUT2D eigenvalue weighted by molar-refractivity contribution is 6.32. The summed E-state index contributed by atoms with van der Waals surface area (Å²) in [6.45, 7) is 0. The number of hydrogen-bond donors (Lipinski definition) is 2. The lowest BCUT2D eigenvalue weighted by Gasteiger charge is -2.12. The van der Waals surface area contributed by atoms with Gasteiger partial charge in [-0.15, -0.1) is 0 Å². The maximum atomic E-state index is 12.0. The number of hydrogen-bond acceptors (Lipinski definition) is 3. The minimum absolute atomic E-state index is 0.0273. The number of carbonyl (C=O) groups is 1. The van der Waals surface area contributed by atoms with Crippen molar-refractivity contribution in [1.82, 2.24) is 0 Å². The summed E-state index contributed by atoms with van der Waals surface area (Å²) in [5, 5.41) is 3.33. The number of nitrogens with two attached hydrogens (primary N) is 1. The van der Waals surface area contributed by atoms with Gasteiger partial charge in [0.05, 0.1) is 18.1 Å². The average molecular weight is 267 g/mol. The molecule has 0 heterocycles. The van der Waals surface area contributed by atoms with Gasteiger partial charge in [-0.1, -0.05) is 23.8 Å². The van der Waals surface area contributed by atoms with Crippen LogP contribution in [-0.2, 0) is 4.79 Å². The molecule has 1 aromatic rings. The topological polar surface area (TPSA) is 64.3 Å². The number of carbonyl (C=O) groups excluding carboxylic acids is 1. The van der Waals surface area contributed by atoms with E-state index in [-0.39, 0.29) is 17.9 Å². The Morgan fingerprint density at radius 3 is 2.89 bits per heavy atom. The molecule has 2 rings (SSSR count). The quantitative estimate of drug-likeness (QED) is 0.825. The molecular formula is C13H15ClN2O2. The lowest BCUT2D eigenvalue weighted by atomic mass is 10.1. The van der Waals surface area contributed by atoms with Crippen LogP contribution in [0.1, 0.15) is 6.42 Å². The number of nitrogens with one attached hydrogen (secondary N) is 1. The summed E-state index contributed by atoms with van der Waals surface area (Å²) in [7, 11) is 1.53. The van der Waals surface area contributed by atoms with E-state index in [9.17, 15) is 4.79 Å². The van der Waals surface area contributed by atoms with Crippen molar-refractivity contribution in [2.45, 2.75) is 12.5 Å². The smallest absolute Gasteiger partial charge is 0.231 e. The first-order valence-corrected chi connectivity index (χ1v) is 6.06. The molecular weight excluding hydrogens is 252 g/mol. The lowest BCUT2D eigenvalue weighted by molar-refractivity contribution is -0.118. The van der Waals surface area contributed by atoms with E-state index in [0.717, 1.165) is 0 Å². The molecule has 5 heteroatoms. The summed E-state index contributed by atoms with van der Waals surface area (Å²) in [5.74, 6) is 0.304. The Bertz CT molecular complexity index is 488. The second kappa shape index (κ2) is 5.42. The Kier molecular flexibility index (Phi) is 3.89. The fourth-order valence-electron chi connectivity index (χ4n) is 1.89. The Morgan fingerprint density at radius 1 is 1.50 bits per heavy atom. The van der Waals surface area contributed by atoms with E-state index >= 15 is 0 Å². The van der Waals surface area contributed by atoms with Crippen LogP contribution in [0.25, 0.3) is 0 Å². The molecule has 3 N–H and O–H groups in total. The van der Waals surface area contributed by atoms with Crippen molar-refractivity contribution < 1.29 is 9.53 Å². The molecule has 18 heavy (non-hydrogen) atoms. The van der Waals surface area contributed by atoms with Gasteiger partial charge in [-0.25, -0.2) is 0 Å². The van der Waals surface area contributed by atoms with E-state index < -0.39 is 0 Å². The lowest BCUT2D eigenvalue weighted by Crippen LogP contribution is -2.23. The van der Waals surface area contributed by atoms with E-state index in [1.54, 1.807) is 18.2 Å². The van der Waals surface area contributed by atoms with Crippen molar-refractivity contribution in [2.24, 2.45) is 11.7 Å². The summed E-state index contributed by atoms with van der Waals surface area (Å²) < 4.78 is 5.09. The van der Waals surface area contributed by atoms with E-state index in [2.05, 4.69) is 5.32 Å². The van der Waals surface area contributed by atoms with Gasteiger partial charge in [0.15, 0.2) is 0 Å². The van der Waals surface area contributed by atoms with Crippen LogP contribution in [0.4, 0.5) is 5.69 Å². The SMILES string of the molecule is COc1cc(NC(=O)C2C=CC(N)C2)ccc1Cl. The Hall–Kier alpha value is -1.52. The first-order chi connectivity index (χ1) is 8.60. The van der Waals surface area contributed by atoms with Gasteiger partial charge in [0.2, 0.25) is 5.91 Å². The molecule has 1 amide bonds. The molecule has 1 aliphatic rings. The van der Waals surface area contributed by atoms with Gasteiger partial charge in [0.1, 0.15) is 5.75 Å². The normalized spacial score (nSPS) is 21.9. The molecule has 0 fully saturated rings. The van der Waals surface area contributed by atoms with E-state index in [4.69, 9.17) is 22.1 Å². The number of halogens is 1. The van der Waals surface area contributed by atoms with Crippen molar-refractivity contribution in [3.8, 4) is 5.75 Å². The standard InChI is InChI=1S/C13H15ClN2O2/c1-18-12-7-10(4-5-11(12)14)16-13(17)8-2-3-9(15)6-8/h2-5,7-9H,6,15H2,1H3,(H,16,17). The van der Waals surface area contributed by atoms with Gasteiger partial charge in [-0.05, 0) is 18.6 Å². The molecule has 1 aromatic carbocycles. The van der Waals surface area contributed by atoms with Gasteiger partial charge in [0, 0.05) is 17.8 Å². The van der Waals surface area contributed by atoms with Crippen LogP contribution in [-0.4, -0.2) is 19.1 Å². The zero-order valence-corrected chi connectivity index (χ0v) is 10.8. The fourth-order valence-corrected chi connectivity index (χ4v) is 2.09. The van der Waals surface area contributed by atoms with Crippen LogP contribution in [0.15, 0.2) is 30.4 Å². The number of benzene rings is 1. The van der Waals surface area contributed by atoms with Crippen LogP contribution in [0.2, 0.25) is 5.02 Å². The van der Waals surface area contributed by atoms with Gasteiger partial charge in [-0.2, -0.15) is 0 Å². The summed E-state index contributed by atoms with van der Waals surface area (Å²) in [4.78, 5) is 12.0. The zero-order valence-electron chi connectivity index (χ0n) is 10.0. The second-order valence-electron chi connectivity index (χ2n) is 4.23. The maximum absolute atomic E-state index is 12.0. The van der Waals surface area contributed by atoms with Crippen molar-refractivity contribution in [3.63, 3.8) is 0 Å². The summed E-state index contributed by atoms with van der Waals surface area (Å²) in [6.07, 6.45) is 4.34. The molecule has 0 aliphatic heterocycles. The molecule has 96 valence electrons. The number of ether oxygens (including phenoxy) is 1. The molecule has 2 atom stereocenters. The van der Waals surface area contributed by atoms with Crippen LogP contribution in [0.5, 0.6) is 5.75 Å². The zero-order chi connectivity index (χ0) is 13.1. The van der Waals surface area contributed by atoms with E-state index in [0.29, 0.717) is 22.9 Å². The predicted octanol–water partition coefficient (Wildman–Crippen LogP) is 2.19. The highest BCUT2D eigenvalue weighted by Crippen LogP contribution is 2.28. The molecule has 2 unspecified atom stereocenters. The summed E-state index contributed by atoms with van der Waals surface area (Å²) in [5.41, 5.74) is 6.38. The van der Waals surface area contributed by atoms with Crippen molar-refractivity contribution in [1.29, 1.82) is 0 Å². The number of rotatable bonds is 3. The van der Waals surface area contributed by atoms with Gasteiger partial charge in [-0.3, -0.25) is 4.79 Å². The summed E-state index contributed by atoms with van der Waals surface area (Å²) in [6, 6.07) is 5.09. The van der Waals surface area contributed by atoms with Crippen LogP contribution < -0.4 is 15.8 Å². The van der Waals surface area contributed by atoms with Crippen molar-refractivity contribution in [3.05, 3.63) is 35.4 Å². The van der Waals surface area contributed by atoms with Gasteiger partial charge < -0.3 is 15.8 Å². The predicted molar refractivity (Wildman–Crippen MR) is 71.9 cm³/mol.